The van der Waals surface area contributed by atoms with E-state index in [0.717, 1.165) is 20.3 Å². The molecule has 0 spiro atoms. The van der Waals surface area contributed by atoms with Crippen molar-refractivity contribution in [3.05, 3.63) is 0 Å². The van der Waals surface area contributed by atoms with E-state index in [4.69, 9.17) is 9.84 Å². The third-order valence-electron chi connectivity index (χ3n) is 3.28. The zero-order chi connectivity index (χ0) is 14.6. The van der Waals surface area contributed by atoms with Gasteiger partial charge in [-0.3, -0.25) is 0 Å². The van der Waals surface area contributed by atoms with E-state index in [1.165, 1.54) is 77.0 Å². The maximum Gasteiger partial charge on any atom is 0.0466 e. The Labute approximate surface area is 121 Å². The van der Waals surface area contributed by atoms with Gasteiger partial charge in [0.25, 0.3) is 0 Å². The minimum Gasteiger partial charge on any atom is -0.400 e. The fourth-order valence-electron chi connectivity index (χ4n) is 2.07. The van der Waals surface area contributed by atoms with Gasteiger partial charge in [-0.05, 0) is 12.8 Å². The molecule has 0 fully saturated rings. The van der Waals surface area contributed by atoms with Crippen molar-refractivity contribution >= 4 is 0 Å². The molecule has 0 atom stereocenters. The minimum atomic E-state index is 0.987. The molecule has 0 aromatic rings. The van der Waals surface area contributed by atoms with Gasteiger partial charge in [-0.25, -0.2) is 0 Å². The van der Waals surface area contributed by atoms with Gasteiger partial charge in [-0.15, -0.1) is 0 Å². The van der Waals surface area contributed by atoms with Crippen LogP contribution in [0.15, 0.2) is 0 Å². The van der Waals surface area contributed by atoms with Crippen LogP contribution in [-0.4, -0.2) is 25.4 Å². The molecule has 0 aliphatic rings. The molecule has 0 aromatic carbocycles. The van der Waals surface area contributed by atoms with Crippen LogP contribution in [0.25, 0.3) is 0 Å². The van der Waals surface area contributed by atoms with Crippen molar-refractivity contribution in [2.75, 3.05) is 20.3 Å². The summed E-state index contributed by atoms with van der Waals surface area (Å²) in [5.74, 6) is 0. The van der Waals surface area contributed by atoms with Gasteiger partial charge in [0.2, 0.25) is 0 Å². The highest BCUT2D eigenvalue weighted by atomic mass is 16.5. The fraction of sp³-hybridized carbons (Fsp3) is 1.00. The van der Waals surface area contributed by atoms with Crippen LogP contribution in [0.2, 0.25) is 0 Å². The lowest BCUT2D eigenvalue weighted by Gasteiger charge is -2.04. The number of aliphatic hydroxyl groups is 1. The Morgan fingerprint density at radius 3 is 1.21 bits per heavy atom. The second kappa shape index (κ2) is 23.0. The van der Waals surface area contributed by atoms with Crippen LogP contribution in [0.3, 0.4) is 0 Å². The van der Waals surface area contributed by atoms with E-state index in [1.54, 1.807) is 0 Å². The summed E-state index contributed by atoms with van der Waals surface area (Å²) in [7, 11) is 1.00. The van der Waals surface area contributed by atoms with Gasteiger partial charge in [-0.1, -0.05) is 78.1 Å². The number of hydrogen-bond acceptors (Lipinski definition) is 2. The molecule has 0 aliphatic heterocycles. The molecule has 0 aromatic heterocycles. The Morgan fingerprint density at radius 2 is 0.842 bits per heavy atom. The largest absolute Gasteiger partial charge is 0.400 e. The van der Waals surface area contributed by atoms with E-state index >= 15 is 0 Å². The topological polar surface area (TPSA) is 29.5 Å². The SMILES string of the molecule is CCCCCCCCOCCCCCCCC.CO. The average Bonchev–Trinajstić information content (AvgIpc) is 2.46. The summed E-state index contributed by atoms with van der Waals surface area (Å²) < 4.78 is 5.65. The van der Waals surface area contributed by atoms with Crippen LogP contribution in [0.4, 0.5) is 0 Å². The lowest BCUT2D eigenvalue weighted by atomic mass is 10.1. The highest BCUT2D eigenvalue weighted by molar-refractivity contribution is 4.45. The van der Waals surface area contributed by atoms with E-state index in [2.05, 4.69) is 13.8 Å². The summed E-state index contributed by atoms with van der Waals surface area (Å²) in [5, 5.41) is 7.00. The third-order valence-corrected chi connectivity index (χ3v) is 3.28. The summed E-state index contributed by atoms with van der Waals surface area (Å²) >= 11 is 0. The van der Waals surface area contributed by atoms with Crippen molar-refractivity contribution < 1.29 is 9.84 Å². The number of rotatable bonds is 14. The number of hydrogen-bond donors (Lipinski definition) is 1. The van der Waals surface area contributed by atoms with Crippen LogP contribution in [0.1, 0.15) is 90.9 Å². The summed E-state index contributed by atoms with van der Waals surface area (Å²) in [5.41, 5.74) is 0. The molecule has 19 heavy (non-hydrogen) atoms. The maximum absolute atomic E-state index is 7.00. The monoisotopic (exact) mass is 274 g/mol. The van der Waals surface area contributed by atoms with Gasteiger partial charge >= 0.3 is 0 Å². The predicted octanol–water partition coefficient (Wildman–Crippen LogP) is 5.33. The third kappa shape index (κ3) is 23.4. The standard InChI is InChI=1S/C16H34O.CH4O/c1-3-5-7-9-11-13-15-17-16-14-12-10-8-6-4-2;1-2/h3-16H2,1-2H3;2H,1H3. The quantitative estimate of drug-likeness (QED) is 0.434. The summed E-state index contributed by atoms with van der Waals surface area (Å²) in [6, 6.07) is 0. The smallest absolute Gasteiger partial charge is 0.0466 e. The zero-order valence-corrected chi connectivity index (χ0v) is 13.8. The van der Waals surface area contributed by atoms with E-state index < -0.39 is 0 Å². The van der Waals surface area contributed by atoms with Crippen LogP contribution in [0, 0.1) is 0 Å². The first kappa shape index (κ1) is 21.2. The molecule has 0 aliphatic carbocycles. The molecule has 118 valence electrons. The highest BCUT2D eigenvalue weighted by Gasteiger charge is 1.92. The molecule has 2 heteroatoms. The Kier molecular flexibility index (Phi) is 25.7. The van der Waals surface area contributed by atoms with Gasteiger partial charge in [0, 0.05) is 20.3 Å². The van der Waals surface area contributed by atoms with Gasteiger partial charge in [0.1, 0.15) is 0 Å². The number of unbranched alkanes of at least 4 members (excludes halogenated alkanes) is 10. The van der Waals surface area contributed by atoms with Crippen LogP contribution in [0.5, 0.6) is 0 Å². The fourth-order valence-corrected chi connectivity index (χ4v) is 2.07. The first-order valence-corrected chi connectivity index (χ1v) is 8.44. The van der Waals surface area contributed by atoms with Crippen molar-refractivity contribution in [1.82, 2.24) is 0 Å². The molecule has 0 saturated carbocycles. The zero-order valence-electron chi connectivity index (χ0n) is 13.8. The van der Waals surface area contributed by atoms with E-state index in [0.29, 0.717) is 0 Å². The Bertz CT molecular complexity index is 112. The van der Waals surface area contributed by atoms with Gasteiger partial charge < -0.3 is 9.84 Å². The Hall–Kier alpha value is -0.0800. The molecule has 1 N–H and O–H groups in total. The highest BCUT2D eigenvalue weighted by Crippen LogP contribution is 2.06. The predicted molar refractivity (Wildman–Crippen MR) is 85.7 cm³/mol. The number of aliphatic hydroxyl groups excluding tert-OH is 1. The Morgan fingerprint density at radius 1 is 0.526 bits per heavy atom. The molecule has 2 nitrogen and oxygen atoms in total. The van der Waals surface area contributed by atoms with Crippen LogP contribution >= 0.6 is 0 Å². The molecule has 0 amide bonds. The van der Waals surface area contributed by atoms with E-state index in [-0.39, 0.29) is 0 Å². The van der Waals surface area contributed by atoms with Crippen LogP contribution in [-0.2, 0) is 4.74 Å². The molecule has 0 heterocycles. The molecule has 0 unspecified atom stereocenters. The van der Waals surface area contributed by atoms with Crippen LogP contribution < -0.4 is 0 Å². The molecular formula is C17H38O2. The second-order valence-electron chi connectivity index (χ2n) is 5.15. The Balaban J connectivity index is 0. The molecule has 0 saturated heterocycles. The van der Waals surface area contributed by atoms with Crippen molar-refractivity contribution in [3.8, 4) is 0 Å². The summed E-state index contributed by atoms with van der Waals surface area (Å²) in [6.45, 7) is 6.51. The maximum atomic E-state index is 7.00. The summed E-state index contributed by atoms with van der Waals surface area (Å²) in [4.78, 5) is 0. The first-order chi connectivity index (χ1) is 9.41. The van der Waals surface area contributed by atoms with Gasteiger partial charge in [0.05, 0.1) is 0 Å². The lowest BCUT2D eigenvalue weighted by Crippen LogP contribution is -1.97. The second-order valence-corrected chi connectivity index (χ2v) is 5.15. The van der Waals surface area contributed by atoms with E-state index in [1.807, 2.05) is 0 Å². The minimum absolute atomic E-state index is 0.987. The van der Waals surface area contributed by atoms with Crippen molar-refractivity contribution in [2.24, 2.45) is 0 Å². The molecule has 0 bridgehead atoms. The first-order valence-electron chi connectivity index (χ1n) is 8.44. The average molecular weight is 274 g/mol. The molecule has 0 rings (SSSR count). The number of ether oxygens (including phenoxy) is 1. The van der Waals surface area contributed by atoms with Crippen molar-refractivity contribution in [1.29, 1.82) is 0 Å². The molecular weight excluding hydrogens is 236 g/mol. The van der Waals surface area contributed by atoms with Gasteiger partial charge in [0.15, 0.2) is 0 Å². The van der Waals surface area contributed by atoms with Gasteiger partial charge in [-0.2, -0.15) is 0 Å². The van der Waals surface area contributed by atoms with E-state index in [9.17, 15) is 0 Å². The lowest BCUT2D eigenvalue weighted by molar-refractivity contribution is 0.125. The normalized spacial score (nSPS) is 10.1. The van der Waals surface area contributed by atoms with Crippen molar-refractivity contribution in [2.45, 2.75) is 90.9 Å². The summed E-state index contributed by atoms with van der Waals surface area (Å²) in [6.07, 6.45) is 16.3. The van der Waals surface area contributed by atoms with Crippen molar-refractivity contribution in [3.63, 3.8) is 0 Å². The molecule has 0 radical (unpaired) electrons.